The molecular formula is C18H25N3O2S. The fraction of sp³-hybridized carbons (Fsp3) is 0.500. The molecule has 6 heteroatoms. The fourth-order valence-corrected chi connectivity index (χ4v) is 3.14. The van der Waals surface area contributed by atoms with Crippen LogP contribution in [0.2, 0.25) is 0 Å². The average molecular weight is 347 g/mol. The molecule has 130 valence electrons. The van der Waals surface area contributed by atoms with Crippen molar-refractivity contribution in [1.82, 2.24) is 14.5 Å². The van der Waals surface area contributed by atoms with E-state index < -0.39 is 0 Å². The van der Waals surface area contributed by atoms with Gasteiger partial charge in [0.25, 0.3) is 5.56 Å². The number of carbonyl (C=O) groups excluding carboxylic acids is 1. The van der Waals surface area contributed by atoms with Crippen LogP contribution in [0.25, 0.3) is 10.9 Å². The minimum absolute atomic E-state index is 0.0476. The first-order valence-electron chi connectivity index (χ1n) is 8.58. The summed E-state index contributed by atoms with van der Waals surface area (Å²) in [6.07, 6.45) is 3.15. The average Bonchev–Trinajstić information content (AvgIpc) is 2.58. The molecule has 1 amide bonds. The van der Waals surface area contributed by atoms with E-state index in [-0.39, 0.29) is 11.5 Å². The molecule has 0 aliphatic carbocycles. The lowest BCUT2D eigenvalue weighted by atomic mass is 10.1. The number of amides is 1. The van der Waals surface area contributed by atoms with E-state index in [1.165, 1.54) is 0 Å². The van der Waals surface area contributed by atoms with Gasteiger partial charge in [-0.25, -0.2) is 0 Å². The molecule has 0 fully saturated rings. The third-order valence-electron chi connectivity index (χ3n) is 4.28. The van der Waals surface area contributed by atoms with Crippen molar-refractivity contribution in [1.29, 1.82) is 0 Å². The Hall–Kier alpha value is -1.95. The smallest absolute Gasteiger partial charge is 0.262 e. The predicted octanol–water partition coefficient (Wildman–Crippen LogP) is 3.49. The van der Waals surface area contributed by atoms with Crippen molar-refractivity contribution in [3.8, 4) is 0 Å². The zero-order chi connectivity index (χ0) is 17.5. The summed E-state index contributed by atoms with van der Waals surface area (Å²) in [5.41, 5.74) is 0.724. The van der Waals surface area contributed by atoms with Gasteiger partial charge < -0.3 is 9.88 Å². The van der Waals surface area contributed by atoms with Crippen LogP contribution in [-0.2, 0) is 11.3 Å². The molecule has 0 saturated heterocycles. The summed E-state index contributed by atoms with van der Waals surface area (Å²) in [7, 11) is 0. The number of H-pyrrole nitrogens is 1. The molecule has 0 spiro atoms. The second kappa shape index (κ2) is 8.78. The quantitative estimate of drug-likeness (QED) is 0.587. The molecule has 0 aliphatic heterocycles. The maximum atomic E-state index is 12.5. The molecule has 0 aliphatic rings. The van der Waals surface area contributed by atoms with Gasteiger partial charge in [-0.15, -0.1) is 0 Å². The number of benzene rings is 1. The lowest BCUT2D eigenvalue weighted by Gasteiger charge is -2.18. The van der Waals surface area contributed by atoms with Gasteiger partial charge in [0.15, 0.2) is 4.77 Å². The molecular weight excluding hydrogens is 322 g/mol. The SMILES string of the molecule is CCN(CC)C(=O)CCCCCn1c(=S)[nH]c2ccccc2c1=O. The minimum atomic E-state index is -0.0476. The Bertz CT molecular complexity index is 806. The Morgan fingerprint density at radius 2 is 1.88 bits per heavy atom. The molecule has 0 unspecified atom stereocenters. The van der Waals surface area contributed by atoms with Crippen LogP contribution in [0.5, 0.6) is 0 Å². The van der Waals surface area contributed by atoms with Crippen molar-refractivity contribution in [2.45, 2.75) is 46.1 Å². The van der Waals surface area contributed by atoms with E-state index >= 15 is 0 Å². The van der Waals surface area contributed by atoms with Gasteiger partial charge in [-0.05, 0) is 51.0 Å². The summed E-state index contributed by atoms with van der Waals surface area (Å²) in [4.78, 5) is 29.4. The lowest BCUT2D eigenvalue weighted by Crippen LogP contribution is -2.30. The van der Waals surface area contributed by atoms with Gasteiger partial charge in [0.1, 0.15) is 0 Å². The standard InChI is InChI=1S/C18H25N3O2S/c1-3-20(4-2)16(22)12-6-5-9-13-21-17(23)14-10-7-8-11-15(14)19-18(21)24/h7-8,10-11H,3-6,9,12-13H2,1-2H3,(H,19,24). The van der Waals surface area contributed by atoms with Gasteiger partial charge in [-0.1, -0.05) is 18.6 Å². The van der Waals surface area contributed by atoms with E-state index in [1.54, 1.807) is 4.57 Å². The molecule has 0 radical (unpaired) electrons. The number of nitrogens with one attached hydrogen (secondary N) is 1. The number of nitrogens with zero attached hydrogens (tertiary/aromatic N) is 2. The van der Waals surface area contributed by atoms with Crippen LogP contribution < -0.4 is 5.56 Å². The first-order valence-corrected chi connectivity index (χ1v) is 8.99. The summed E-state index contributed by atoms with van der Waals surface area (Å²) in [6.45, 7) is 6.09. The maximum Gasteiger partial charge on any atom is 0.262 e. The highest BCUT2D eigenvalue weighted by Crippen LogP contribution is 2.08. The number of fused-ring (bicyclic) bond motifs is 1. The molecule has 1 aromatic carbocycles. The van der Waals surface area contributed by atoms with E-state index in [2.05, 4.69) is 4.98 Å². The van der Waals surface area contributed by atoms with E-state index in [0.717, 1.165) is 37.9 Å². The summed E-state index contributed by atoms with van der Waals surface area (Å²) in [6, 6.07) is 7.39. The highest BCUT2D eigenvalue weighted by atomic mass is 32.1. The van der Waals surface area contributed by atoms with Gasteiger partial charge >= 0.3 is 0 Å². The second-order valence-electron chi connectivity index (χ2n) is 5.81. The van der Waals surface area contributed by atoms with E-state index in [0.29, 0.717) is 23.1 Å². The van der Waals surface area contributed by atoms with Crippen molar-refractivity contribution in [2.75, 3.05) is 13.1 Å². The first kappa shape index (κ1) is 18.4. The van der Waals surface area contributed by atoms with Crippen molar-refractivity contribution in [3.05, 3.63) is 39.4 Å². The molecule has 1 aromatic heterocycles. The first-order chi connectivity index (χ1) is 11.6. The van der Waals surface area contributed by atoms with E-state index in [1.807, 2.05) is 43.0 Å². The molecule has 24 heavy (non-hydrogen) atoms. The van der Waals surface area contributed by atoms with Crippen LogP contribution >= 0.6 is 12.2 Å². The molecule has 0 saturated carbocycles. The monoisotopic (exact) mass is 347 g/mol. The van der Waals surface area contributed by atoms with Crippen LogP contribution in [-0.4, -0.2) is 33.4 Å². The zero-order valence-corrected chi connectivity index (χ0v) is 15.2. The number of para-hydroxylation sites is 1. The number of carbonyl (C=O) groups is 1. The Morgan fingerprint density at radius 1 is 1.17 bits per heavy atom. The summed E-state index contributed by atoms with van der Waals surface area (Å²) >= 11 is 5.30. The maximum absolute atomic E-state index is 12.5. The molecule has 5 nitrogen and oxygen atoms in total. The van der Waals surface area contributed by atoms with Gasteiger partial charge in [-0.3, -0.25) is 14.2 Å². The number of hydrogen-bond donors (Lipinski definition) is 1. The fourth-order valence-electron chi connectivity index (χ4n) is 2.86. The van der Waals surface area contributed by atoms with Crippen LogP contribution in [0.1, 0.15) is 39.5 Å². The van der Waals surface area contributed by atoms with E-state index in [9.17, 15) is 9.59 Å². The van der Waals surface area contributed by atoms with Gasteiger partial charge in [-0.2, -0.15) is 0 Å². The Balaban J connectivity index is 1.92. The van der Waals surface area contributed by atoms with Crippen molar-refractivity contribution in [2.24, 2.45) is 0 Å². The summed E-state index contributed by atoms with van der Waals surface area (Å²) in [5.74, 6) is 0.208. The lowest BCUT2D eigenvalue weighted by molar-refractivity contribution is -0.130. The van der Waals surface area contributed by atoms with Crippen LogP contribution in [0.3, 0.4) is 0 Å². The van der Waals surface area contributed by atoms with Crippen molar-refractivity contribution < 1.29 is 4.79 Å². The van der Waals surface area contributed by atoms with Crippen LogP contribution in [0.4, 0.5) is 0 Å². The molecule has 1 heterocycles. The Labute approximate surface area is 147 Å². The number of hydrogen-bond acceptors (Lipinski definition) is 3. The molecule has 2 aromatic rings. The molecule has 2 rings (SSSR count). The Morgan fingerprint density at radius 3 is 2.58 bits per heavy atom. The number of aromatic nitrogens is 2. The summed E-state index contributed by atoms with van der Waals surface area (Å²) < 4.78 is 2.07. The van der Waals surface area contributed by atoms with Crippen molar-refractivity contribution >= 4 is 29.0 Å². The minimum Gasteiger partial charge on any atom is -0.343 e. The highest BCUT2D eigenvalue weighted by molar-refractivity contribution is 7.71. The number of rotatable bonds is 8. The highest BCUT2D eigenvalue weighted by Gasteiger charge is 2.09. The van der Waals surface area contributed by atoms with Crippen molar-refractivity contribution in [3.63, 3.8) is 0 Å². The number of unbranched alkanes of at least 4 members (excludes halogenated alkanes) is 2. The van der Waals surface area contributed by atoms with Gasteiger partial charge in [0.05, 0.1) is 10.9 Å². The van der Waals surface area contributed by atoms with Crippen LogP contribution in [0, 0.1) is 4.77 Å². The third-order valence-corrected chi connectivity index (χ3v) is 4.60. The Kier molecular flexibility index (Phi) is 6.73. The molecule has 0 bridgehead atoms. The summed E-state index contributed by atoms with van der Waals surface area (Å²) in [5, 5.41) is 0.655. The molecule has 1 N–H and O–H groups in total. The predicted molar refractivity (Wildman–Crippen MR) is 99.8 cm³/mol. The number of aromatic amines is 1. The second-order valence-corrected chi connectivity index (χ2v) is 6.20. The van der Waals surface area contributed by atoms with Crippen LogP contribution in [0.15, 0.2) is 29.1 Å². The van der Waals surface area contributed by atoms with Gasteiger partial charge in [0.2, 0.25) is 5.91 Å². The largest absolute Gasteiger partial charge is 0.343 e. The van der Waals surface area contributed by atoms with E-state index in [4.69, 9.17) is 12.2 Å². The van der Waals surface area contributed by atoms with Gasteiger partial charge in [0, 0.05) is 26.1 Å². The zero-order valence-electron chi connectivity index (χ0n) is 14.4. The normalized spacial score (nSPS) is 10.9. The molecule has 0 atom stereocenters. The third kappa shape index (κ3) is 4.32. The topological polar surface area (TPSA) is 58.1 Å².